The summed E-state index contributed by atoms with van der Waals surface area (Å²) in [5.41, 5.74) is 11.5. The van der Waals surface area contributed by atoms with E-state index in [9.17, 15) is 0 Å². The van der Waals surface area contributed by atoms with Gasteiger partial charge in [0.2, 0.25) is 0 Å². The highest BCUT2D eigenvalue weighted by molar-refractivity contribution is 5.92. The van der Waals surface area contributed by atoms with E-state index < -0.39 is 0 Å². The van der Waals surface area contributed by atoms with Gasteiger partial charge in [0.05, 0.1) is 17.1 Å². The number of nitrogens with zero attached hydrogens (tertiary/aromatic N) is 2. The minimum Gasteiger partial charge on any atom is -0.352 e. The lowest BCUT2D eigenvalue weighted by Gasteiger charge is -2.25. The smallest absolute Gasteiger partial charge is 0.110 e. The van der Waals surface area contributed by atoms with E-state index in [0.717, 1.165) is 12.8 Å². The zero-order chi connectivity index (χ0) is 15.8. The monoisotopic (exact) mass is 310 g/mol. The number of benzene rings is 3. The van der Waals surface area contributed by atoms with Crippen molar-refractivity contribution in [3.63, 3.8) is 0 Å². The Morgan fingerprint density at radius 2 is 1.58 bits per heavy atom. The van der Waals surface area contributed by atoms with E-state index in [-0.39, 0.29) is 0 Å². The third-order valence-electron chi connectivity index (χ3n) is 5.95. The first kappa shape index (κ1) is 12.7. The van der Waals surface area contributed by atoms with Gasteiger partial charge in [-0.05, 0) is 39.9 Å². The van der Waals surface area contributed by atoms with Crippen molar-refractivity contribution >= 4 is 17.1 Å². The maximum Gasteiger partial charge on any atom is 0.110 e. The Bertz CT molecular complexity index is 1000. The van der Waals surface area contributed by atoms with E-state index in [0.29, 0.717) is 6.17 Å². The van der Waals surface area contributed by atoms with Crippen molar-refractivity contribution in [2.75, 3.05) is 16.8 Å². The van der Waals surface area contributed by atoms with Crippen molar-refractivity contribution in [3.05, 3.63) is 77.4 Å². The van der Waals surface area contributed by atoms with Crippen LogP contribution in [0.3, 0.4) is 0 Å². The van der Waals surface area contributed by atoms with Crippen LogP contribution in [0, 0.1) is 0 Å². The molecule has 2 heteroatoms. The maximum atomic E-state index is 2.58. The van der Waals surface area contributed by atoms with Gasteiger partial charge in [-0.1, -0.05) is 48.5 Å². The van der Waals surface area contributed by atoms with Crippen molar-refractivity contribution in [3.8, 4) is 11.1 Å². The molecule has 3 aromatic carbocycles. The molecule has 1 unspecified atom stereocenters. The Morgan fingerprint density at radius 1 is 0.792 bits per heavy atom. The molecular formula is C22H18N2. The molecule has 0 aromatic heterocycles. The second-order valence-corrected chi connectivity index (χ2v) is 7.09. The third kappa shape index (κ3) is 1.38. The molecule has 3 aromatic rings. The molecule has 0 fully saturated rings. The van der Waals surface area contributed by atoms with E-state index in [2.05, 4.69) is 77.5 Å². The molecule has 24 heavy (non-hydrogen) atoms. The number of rotatable bonds is 0. The van der Waals surface area contributed by atoms with Crippen LogP contribution in [-0.4, -0.2) is 13.2 Å². The van der Waals surface area contributed by atoms with Gasteiger partial charge in [-0.15, -0.1) is 0 Å². The van der Waals surface area contributed by atoms with Crippen molar-refractivity contribution in [1.82, 2.24) is 0 Å². The van der Waals surface area contributed by atoms with E-state index in [4.69, 9.17) is 0 Å². The zero-order valence-electron chi connectivity index (χ0n) is 13.7. The SMILES string of the molecule is CN1c2ccccc2N2c3c(ccc4c3Cc3ccccc3-4)CC12. The standard InChI is InChI=1S/C22H18N2/c1-23-19-8-4-5-9-20(19)24-21(23)13-15-10-11-17-16-7-3-2-6-14(16)12-18(17)22(15)24/h2-11,21H,12-13H2,1H3. The fraction of sp³-hybridized carbons (Fsp3) is 0.182. The first-order chi connectivity index (χ1) is 11.8. The second-order valence-electron chi connectivity index (χ2n) is 7.09. The number of hydrogen-bond acceptors (Lipinski definition) is 2. The van der Waals surface area contributed by atoms with Gasteiger partial charge in [0.15, 0.2) is 0 Å². The Kier molecular flexibility index (Phi) is 2.22. The highest BCUT2D eigenvalue weighted by Crippen LogP contribution is 2.54. The second kappa shape index (κ2) is 4.21. The fourth-order valence-corrected chi connectivity index (χ4v) is 4.86. The first-order valence-electron chi connectivity index (χ1n) is 8.67. The van der Waals surface area contributed by atoms with Crippen molar-refractivity contribution in [2.24, 2.45) is 0 Å². The molecule has 2 nitrogen and oxygen atoms in total. The topological polar surface area (TPSA) is 6.48 Å². The molecule has 0 bridgehead atoms. The van der Waals surface area contributed by atoms with Crippen molar-refractivity contribution < 1.29 is 0 Å². The molecule has 1 atom stereocenters. The number of likely N-dealkylation sites (N-methyl/N-ethyl adjacent to an activating group) is 1. The molecule has 0 spiro atoms. The average Bonchev–Trinajstić information content (AvgIpc) is 3.25. The third-order valence-corrected chi connectivity index (χ3v) is 5.95. The van der Waals surface area contributed by atoms with Gasteiger partial charge in [-0.25, -0.2) is 0 Å². The van der Waals surface area contributed by atoms with E-state index in [1.807, 2.05) is 0 Å². The number of fused-ring (bicyclic) bond motifs is 9. The summed E-state index contributed by atoms with van der Waals surface area (Å²) in [5.74, 6) is 0. The molecule has 0 saturated heterocycles. The van der Waals surface area contributed by atoms with Gasteiger partial charge in [0.1, 0.15) is 6.17 Å². The Labute approximate surface area is 142 Å². The molecule has 0 radical (unpaired) electrons. The molecule has 0 saturated carbocycles. The Balaban J connectivity index is 1.61. The largest absolute Gasteiger partial charge is 0.352 e. The Hall–Kier alpha value is -2.74. The Morgan fingerprint density at radius 3 is 2.50 bits per heavy atom. The fourth-order valence-electron chi connectivity index (χ4n) is 4.86. The summed E-state index contributed by atoms with van der Waals surface area (Å²) >= 11 is 0. The lowest BCUT2D eigenvalue weighted by atomic mass is 10.0. The highest BCUT2D eigenvalue weighted by atomic mass is 15.4. The summed E-state index contributed by atoms with van der Waals surface area (Å²) in [4.78, 5) is 5.01. The van der Waals surface area contributed by atoms with Crippen LogP contribution in [0.4, 0.5) is 17.1 Å². The van der Waals surface area contributed by atoms with E-state index in [1.54, 1.807) is 0 Å². The van der Waals surface area contributed by atoms with Crippen LogP contribution in [0.1, 0.15) is 16.7 Å². The van der Waals surface area contributed by atoms with Crippen LogP contribution in [0.25, 0.3) is 11.1 Å². The lowest BCUT2D eigenvalue weighted by molar-refractivity contribution is 0.703. The molecule has 6 rings (SSSR count). The minimum absolute atomic E-state index is 0.424. The molecule has 2 aliphatic heterocycles. The van der Waals surface area contributed by atoms with Gasteiger partial charge in [-0.3, -0.25) is 0 Å². The van der Waals surface area contributed by atoms with Crippen LogP contribution in [0.2, 0.25) is 0 Å². The van der Waals surface area contributed by atoms with Gasteiger partial charge < -0.3 is 9.80 Å². The first-order valence-corrected chi connectivity index (χ1v) is 8.67. The average molecular weight is 310 g/mol. The molecule has 2 heterocycles. The molecule has 1 aliphatic carbocycles. The van der Waals surface area contributed by atoms with Crippen molar-refractivity contribution in [2.45, 2.75) is 19.0 Å². The van der Waals surface area contributed by atoms with Crippen LogP contribution < -0.4 is 9.80 Å². The molecule has 0 amide bonds. The van der Waals surface area contributed by atoms with Crippen LogP contribution in [0.15, 0.2) is 60.7 Å². The highest BCUT2D eigenvalue weighted by Gasteiger charge is 2.42. The molecule has 3 aliphatic rings. The minimum atomic E-state index is 0.424. The summed E-state index contributed by atoms with van der Waals surface area (Å²) in [7, 11) is 2.23. The van der Waals surface area contributed by atoms with Gasteiger partial charge in [0.25, 0.3) is 0 Å². The van der Waals surface area contributed by atoms with Crippen LogP contribution in [-0.2, 0) is 12.8 Å². The summed E-state index contributed by atoms with van der Waals surface area (Å²) in [6.07, 6.45) is 2.58. The van der Waals surface area contributed by atoms with Gasteiger partial charge >= 0.3 is 0 Å². The van der Waals surface area contributed by atoms with Crippen molar-refractivity contribution in [1.29, 1.82) is 0 Å². The predicted octanol–water partition coefficient (Wildman–Crippen LogP) is 4.73. The maximum absolute atomic E-state index is 2.58. The summed E-state index contributed by atoms with van der Waals surface area (Å²) in [5, 5.41) is 0. The van der Waals surface area contributed by atoms with Gasteiger partial charge in [-0.2, -0.15) is 0 Å². The predicted molar refractivity (Wildman–Crippen MR) is 99.2 cm³/mol. The van der Waals surface area contributed by atoms with Crippen LogP contribution in [0.5, 0.6) is 0 Å². The lowest BCUT2D eigenvalue weighted by Crippen LogP contribution is -2.36. The quantitative estimate of drug-likeness (QED) is 0.463. The van der Waals surface area contributed by atoms with Gasteiger partial charge in [0, 0.05) is 19.9 Å². The summed E-state index contributed by atoms with van der Waals surface area (Å²) in [6, 6.07) is 22.4. The molecule has 116 valence electrons. The zero-order valence-corrected chi connectivity index (χ0v) is 13.7. The molecular weight excluding hydrogens is 292 g/mol. The summed E-state index contributed by atoms with van der Waals surface area (Å²) < 4.78 is 0. The van der Waals surface area contributed by atoms with E-state index in [1.165, 1.54) is 44.9 Å². The normalized spacial score (nSPS) is 19.0. The number of para-hydroxylation sites is 2. The van der Waals surface area contributed by atoms with E-state index >= 15 is 0 Å². The molecule has 0 N–H and O–H groups in total. The number of hydrogen-bond donors (Lipinski definition) is 0. The van der Waals surface area contributed by atoms with Crippen LogP contribution >= 0.6 is 0 Å². The summed E-state index contributed by atoms with van der Waals surface area (Å²) in [6.45, 7) is 0. The number of anilines is 3.